The van der Waals surface area contributed by atoms with E-state index in [0.717, 1.165) is 0 Å². The number of amides is 1. The van der Waals surface area contributed by atoms with E-state index in [9.17, 15) is 13.6 Å². The van der Waals surface area contributed by atoms with Gasteiger partial charge in [0.15, 0.2) is 5.65 Å². The van der Waals surface area contributed by atoms with Crippen molar-refractivity contribution in [1.82, 2.24) is 19.6 Å². The van der Waals surface area contributed by atoms with Crippen LogP contribution < -0.4 is 5.32 Å². The molecule has 1 N–H and O–H groups in total. The fourth-order valence-electron chi connectivity index (χ4n) is 1.85. The quantitative estimate of drug-likeness (QED) is 0.748. The maximum atomic E-state index is 12.5. The fourth-order valence-corrected chi connectivity index (χ4v) is 2.43. The van der Waals surface area contributed by atoms with Gasteiger partial charge in [0.1, 0.15) is 10.8 Å². The molecular formula is C13H9F2N5OS. The van der Waals surface area contributed by atoms with Crippen LogP contribution in [0, 0.1) is 0 Å². The largest absolute Gasteiger partial charge is 0.306 e. The minimum absolute atomic E-state index is 0.0271. The fraction of sp³-hybridized carbons (Fsp3) is 0.0769. The molecule has 0 unspecified atom stereocenters. The lowest BCUT2D eigenvalue weighted by atomic mass is 10.2. The Morgan fingerprint density at radius 2 is 2.05 bits per heavy atom. The maximum absolute atomic E-state index is 12.5. The van der Waals surface area contributed by atoms with E-state index in [1.165, 1.54) is 29.0 Å². The first kappa shape index (κ1) is 14.4. The highest BCUT2D eigenvalue weighted by Gasteiger charge is 2.17. The zero-order valence-corrected chi connectivity index (χ0v) is 11.8. The Labute approximate surface area is 127 Å². The van der Waals surface area contributed by atoms with E-state index in [2.05, 4.69) is 20.4 Å². The minimum atomic E-state index is -2.65. The third-order valence-electron chi connectivity index (χ3n) is 2.75. The summed E-state index contributed by atoms with van der Waals surface area (Å²) >= 11 is 0.229. The van der Waals surface area contributed by atoms with Gasteiger partial charge in [-0.15, -0.1) is 0 Å². The first-order valence-corrected chi connectivity index (χ1v) is 7.03. The van der Waals surface area contributed by atoms with Crippen molar-refractivity contribution in [1.29, 1.82) is 0 Å². The molecule has 3 heterocycles. The molecule has 0 atom stereocenters. The van der Waals surface area contributed by atoms with Gasteiger partial charge in [-0.25, -0.2) is 9.97 Å². The van der Waals surface area contributed by atoms with Crippen LogP contribution in [0.25, 0.3) is 5.65 Å². The van der Waals surface area contributed by atoms with Crippen LogP contribution in [0.4, 0.5) is 14.6 Å². The Morgan fingerprint density at radius 1 is 1.18 bits per heavy atom. The average molecular weight is 321 g/mol. The smallest absolute Gasteiger partial charge is 0.290 e. The van der Waals surface area contributed by atoms with Gasteiger partial charge in [-0.3, -0.25) is 4.79 Å². The van der Waals surface area contributed by atoms with Crippen LogP contribution in [-0.4, -0.2) is 31.2 Å². The number of anilines is 1. The van der Waals surface area contributed by atoms with Crippen molar-refractivity contribution in [3.63, 3.8) is 0 Å². The summed E-state index contributed by atoms with van der Waals surface area (Å²) in [7, 11) is 0. The van der Waals surface area contributed by atoms with Gasteiger partial charge in [0, 0.05) is 18.5 Å². The van der Waals surface area contributed by atoms with Crippen molar-refractivity contribution in [3.8, 4) is 0 Å². The van der Waals surface area contributed by atoms with Crippen LogP contribution in [0.5, 0.6) is 0 Å². The van der Waals surface area contributed by atoms with E-state index in [0.29, 0.717) is 11.5 Å². The summed E-state index contributed by atoms with van der Waals surface area (Å²) in [6, 6.07) is 6.20. The average Bonchev–Trinajstić information content (AvgIpc) is 2.96. The SMILES string of the molecule is O=C(Nc1ccnc2ccnn12)c1cccnc1SC(F)F. The van der Waals surface area contributed by atoms with Crippen LogP contribution in [0.1, 0.15) is 10.4 Å². The first-order chi connectivity index (χ1) is 10.6. The van der Waals surface area contributed by atoms with Crippen molar-refractivity contribution < 1.29 is 13.6 Å². The Kier molecular flexibility index (Phi) is 3.96. The number of fused-ring (bicyclic) bond motifs is 1. The molecule has 6 nitrogen and oxygen atoms in total. The highest BCUT2D eigenvalue weighted by Crippen LogP contribution is 2.26. The van der Waals surface area contributed by atoms with Crippen LogP contribution in [0.2, 0.25) is 0 Å². The monoisotopic (exact) mass is 321 g/mol. The van der Waals surface area contributed by atoms with Crippen LogP contribution in [0.15, 0.2) is 47.9 Å². The number of pyridine rings is 1. The van der Waals surface area contributed by atoms with Crippen molar-refractivity contribution in [2.45, 2.75) is 10.8 Å². The summed E-state index contributed by atoms with van der Waals surface area (Å²) in [6.07, 6.45) is 4.42. The molecular weight excluding hydrogens is 312 g/mol. The van der Waals surface area contributed by atoms with E-state index in [4.69, 9.17) is 0 Å². The van der Waals surface area contributed by atoms with E-state index in [1.807, 2.05) is 0 Å². The molecule has 0 radical (unpaired) electrons. The summed E-state index contributed by atoms with van der Waals surface area (Å²) in [4.78, 5) is 20.2. The highest BCUT2D eigenvalue weighted by atomic mass is 32.2. The molecule has 0 fully saturated rings. The Hall–Kier alpha value is -2.55. The summed E-state index contributed by atoms with van der Waals surface area (Å²) in [5.74, 6) is -2.81. The maximum Gasteiger partial charge on any atom is 0.290 e. The molecule has 0 aliphatic heterocycles. The zero-order valence-electron chi connectivity index (χ0n) is 11.0. The van der Waals surface area contributed by atoms with Gasteiger partial charge in [0.05, 0.1) is 11.8 Å². The number of nitrogens with one attached hydrogen (secondary N) is 1. The highest BCUT2D eigenvalue weighted by molar-refractivity contribution is 7.99. The summed E-state index contributed by atoms with van der Waals surface area (Å²) < 4.78 is 26.5. The molecule has 9 heteroatoms. The van der Waals surface area contributed by atoms with Crippen molar-refractivity contribution >= 4 is 29.1 Å². The van der Waals surface area contributed by atoms with Gasteiger partial charge < -0.3 is 5.32 Å². The van der Waals surface area contributed by atoms with Gasteiger partial charge in [-0.1, -0.05) is 0 Å². The Balaban J connectivity index is 1.90. The lowest BCUT2D eigenvalue weighted by molar-refractivity contribution is 0.102. The predicted octanol–water partition coefficient (Wildman–Crippen LogP) is 2.69. The molecule has 3 aromatic rings. The number of rotatable bonds is 4. The number of carbonyl (C=O) groups is 1. The lowest BCUT2D eigenvalue weighted by Gasteiger charge is -2.09. The minimum Gasteiger partial charge on any atom is -0.306 e. The second-order valence-electron chi connectivity index (χ2n) is 4.12. The molecule has 112 valence electrons. The number of alkyl halides is 2. The molecule has 0 aromatic carbocycles. The normalized spacial score (nSPS) is 11.0. The molecule has 1 amide bonds. The Morgan fingerprint density at radius 3 is 2.86 bits per heavy atom. The van der Waals surface area contributed by atoms with E-state index >= 15 is 0 Å². The molecule has 22 heavy (non-hydrogen) atoms. The topological polar surface area (TPSA) is 72.2 Å². The molecule has 0 saturated carbocycles. The van der Waals surface area contributed by atoms with Crippen LogP contribution >= 0.6 is 11.8 Å². The number of carbonyl (C=O) groups excluding carboxylic acids is 1. The van der Waals surface area contributed by atoms with Gasteiger partial charge in [0.2, 0.25) is 0 Å². The van der Waals surface area contributed by atoms with E-state index in [-0.39, 0.29) is 22.4 Å². The number of hydrogen-bond donors (Lipinski definition) is 1. The number of aromatic nitrogens is 4. The van der Waals surface area contributed by atoms with Crippen LogP contribution in [0.3, 0.4) is 0 Å². The van der Waals surface area contributed by atoms with E-state index < -0.39 is 11.7 Å². The number of thioether (sulfide) groups is 1. The van der Waals surface area contributed by atoms with Crippen molar-refractivity contribution in [3.05, 3.63) is 48.4 Å². The van der Waals surface area contributed by atoms with Crippen molar-refractivity contribution in [2.75, 3.05) is 5.32 Å². The summed E-state index contributed by atoms with van der Waals surface area (Å²) in [6.45, 7) is 0. The van der Waals surface area contributed by atoms with Gasteiger partial charge >= 0.3 is 0 Å². The molecule has 0 bridgehead atoms. The van der Waals surface area contributed by atoms with Gasteiger partial charge in [-0.05, 0) is 30.0 Å². The Bertz CT molecular complexity index is 823. The molecule has 3 aromatic heterocycles. The van der Waals surface area contributed by atoms with Crippen LogP contribution in [-0.2, 0) is 0 Å². The molecule has 0 saturated heterocycles. The number of halogens is 2. The molecule has 0 aliphatic carbocycles. The molecule has 0 aliphatic rings. The zero-order chi connectivity index (χ0) is 15.5. The lowest BCUT2D eigenvalue weighted by Crippen LogP contribution is -2.16. The van der Waals surface area contributed by atoms with Gasteiger partial charge in [-0.2, -0.15) is 18.4 Å². The molecule has 3 rings (SSSR count). The third kappa shape index (κ3) is 2.89. The third-order valence-corrected chi connectivity index (χ3v) is 3.48. The van der Waals surface area contributed by atoms with Gasteiger partial charge in [0.25, 0.3) is 11.7 Å². The first-order valence-electron chi connectivity index (χ1n) is 6.15. The standard InChI is InChI=1S/C13H9F2N5OS/c14-13(15)22-12-8(2-1-5-17-12)11(21)19-10-3-6-16-9-4-7-18-20(9)10/h1-7,13H,(H,19,21). The van der Waals surface area contributed by atoms with E-state index in [1.54, 1.807) is 18.3 Å². The number of nitrogens with zero attached hydrogens (tertiary/aromatic N) is 4. The second-order valence-corrected chi connectivity index (χ2v) is 5.10. The second kappa shape index (κ2) is 6.06. The molecule has 0 spiro atoms. The number of hydrogen-bond acceptors (Lipinski definition) is 5. The predicted molar refractivity (Wildman–Crippen MR) is 77.0 cm³/mol. The van der Waals surface area contributed by atoms with Crippen molar-refractivity contribution in [2.24, 2.45) is 0 Å². The summed E-state index contributed by atoms with van der Waals surface area (Å²) in [5.41, 5.74) is 0.635. The summed E-state index contributed by atoms with van der Waals surface area (Å²) in [5, 5.41) is 6.63.